The summed E-state index contributed by atoms with van der Waals surface area (Å²) in [6, 6.07) is 13.7. The molecule has 6 heteroatoms. The van der Waals surface area contributed by atoms with Crippen LogP contribution in [0.4, 0.5) is 5.69 Å². The fraction of sp³-hybridized carbons (Fsp3) is 0.143. The zero-order valence-corrected chi connectivity index (χ0v) is 13.1. The van der Waals surface area contributed by atoms with E-state index in [0.717, 1.165) is 0 Å². The summed E-state index contributed by atoms with van der Waals surface area (Å²) in [6.07, 6.45) is 0. The molecule has 0 aliphatic carbocycles. The van der Waals surface area contributed by atoms with Crippen molar-refractivity contribution in [2.75, 3.05) is 11.4 Å². The molecular weight excluding hydrogens is 317 g/mol. The van der Waals surface area contributed by atoms with Crippen LogP contribution in [0.5, 0.6) is 0 Å². The summed E-state index contributed by atoms with van der Waals surface area (Å²) in [5.41, 5.74) is 1.14. The second-order valence-electron chi connectivity index (χ2n) is 4.30. The van der Waals surface area contributed by atoms with Crippen molar-refractivity contribution in [3.05, 3.63) is 64.1 Å². The fourth-order valence-electron chi connectivity index (χ4n) is 1.73. The molecule has 2 aromatic carbocycles. The van der Waals surface area contributed by atoms with Gasteiger partial charge >= 0.3 is 0 Å². The van der Waals surface area contributed by atoms with E-state index < -0.39 is 10.0 Å². The first-order chi connectivity index (χ1) is 9.40. The van der Waals surface area contributed by atoms with Gasteiger partial charge in [-0.1, -0.05) is 47.5 Å². The molecule has 0 radical (unpaired) electrons. The lowest BCUT2D eigenvalue weighted by Gasteiger charge is -2.19. The SMILES string of the molecule is CN(c1ccccc1)S(=O)(=O)Cc1ccc(Cl)cc1Cl. The average molecular weight is 330 g/mol. The number of para-hydroxylation sites is 1. The van der Waals surface area contributed by atoms with Crippen molar-refractivity contribution < 1.29 is 8.42 Å². The van der Waals surface area contributed by atoms with Gasteiger partial charge in [-0.3, -0.25) is 4.31 Å². The van der Waals surface area contributed by atoms with Crippen molar-refractivity contribution in [1.29, 1.82) is 0 Å². The summed E-state index contributed by atoms with van der Waals surface area (Å²) >= 11 is 11.8. The quantitative estimate of drug-likeness (QED) is 0.851. The van der Waals surface area contributed by atoms with E-state index in [9.17, 15) is 8.42 Å². The van der Waals surface area contributed by atoms with Gasteiger partial charge in [0.1, 0.15) is 0 Å². The highest BCUT2D eigenvalue weighted by Gasteiger charge is 2.20. The predicted octanol–water partition coefficient (Wildman–Crippen LogP) is 3.96. The van der Waals surface area contributed by atoms with E-state index in [4.69, 9.17) is 23.2 Å². The van der Waals surface area contributed by atoms with Crippen LogP contribution in [0.15, 0.2) is 48.5 Å². The molecule has 0 aliphatic rings. The molecule has 0 spiro atoms. The van der Waals surface area contributed by atoms with Crippen LogP contribution in [-0.2, 0) is 15.8 Å². The molecular formula is C14H13Cl2NO2S. The molecule has 0 atom stereocenters. The molecule has 20 heavy (non-hydrogen) atoms. The fourth-order valence-corrected chi connectivity index (χ4v) is 3.57. The van der Waals surface area contributed by atoms with Gasteiger partial charge in [-0.2, -0.15) is 0 Å². The first-order valence-electron chi connectivity index (χ1n) is 5.86. The van der Waals surface area contributed by atoms with E-state index in [0.29, 0.717) is 21.3 Å². The minimum absolute atomic E-state index is 0.172. The Kier molecular flexibility index (Phi) is 4.58. The van der Waals surface area contributed by atoms with Crippen LogP contribution in [0.3, 0.4) is 0 Å². The van der Waals surface area contributed by atoms with Crippen molar-refractivity contribution in [3.63, 3.8) is 0 Å². The summed E-state index contributed by atoms with van der Waals surface area (Å²) in [6.45, 7) is 0. The maximum absolute atomic E-state index is 12.4. The first kappa shape index (κ1) is 15.2. The molecule has 0 aliphatic heterocycles. The molecule has 106 valence electrons. The number of anilines is 1. The average Bonchev–Trinajstić information content (AvgIpc) is 2.42. The third kappa shape index (κ3) is 3.45. The van der Waals surface area contributed by atoms with Crippen molar-refractivity contribution >= 4 is 38.9 Å². The van der Waals surface area contributed by atoms with Gasteiger partial charge in [0.05, 0.1) is 11.4 Å². The molecule has 0 amide bonds. The van der Waals surface area contributed by atoms with E-state index in [-0.39, 0.29) is 5.75 Å². The van der Waals surface area contributed by atoms with Crippen LogP contribution in [0, 0.1) is 0 Å². The van der Waals surface area contributed by atoms with E-state index in [1.165, 1.54) is 17.4 Å². The second-order valence-corrected chi connectivity index (χ2v) is 7.14. The smallest absolute Gasteiger partial charge is 0.239 e. The van der Waals surface area contributed by atoms with Crippen LogP contribution in [0.1, 0.15) is 5.56 Å². The molecule has 0 aromatic heterocycles. The van der Waals surface area contributed by atoms with Crippen molar-refractivity contribution in [1.82, 2.24) is 0 Å². The second kappa shape index (κ2) is 6.04. The van der Waals surface area contributed by atoms with Crippen molar-refractivity contribution in [3.8, 4) is 0 Å². The van der Waals surface area contributed by atoms with Gasteiger partial charge in [-0.25, -0.2) is 8.42 Å². The highest BCUT2D eigenvalue weighted by molar-refractivity contribution is 7.92. The van der Waals surface area contributed by atoms with E-state index in [1.54, 1.807) is 36.4 Å². The summed E-state index contributed by atoms with van der Waals surface area (Å²) < 4.78 is 26.0. The van der Waals surface area contributed by atoms with Crippen LogP contribution in [0.2, 0.25) is 10.0 Å². The Morgan fingerprint density at radius 1 is 1.05 bits per heavy atom. The molecule has 0 bridgehead atoms. The number of hydrogen-bond donors (Lipinski definition) is 0. The van der Waals surface area contributed by atoms with Gasteiger partial charge in [0.15, 0.2) is 0 Å². The molecule has 0 saturated heterocycles. The Balaban J connectivity index is 2.27. The molecule has 0 heterocycles. The Morgan fingerprint density at radius 3 is 2.30 bits per heavy atom. The first-order valence-corrected chi connectivity index (χ1v) is 8.22. The lowest BCUT2D eigenvalue weighted by Crippen LogP contribution is -2.27. The van der Waals surface area contributed by atoms with E-state index in [2.05, 4.69) is 0 Å². The van der Waals surface area contributed by atoms with Crippen LogP contribution >= 0.6 is 23.2 Å². The van der Waals surface area contributed by atoms with Gasteiger partial charge in [-0.05, 0) is 29.8 Å². The maximum atomic E-state index is 12.4. The lowest BCUT2D eigenvalue weighted by molar-refractivity contribution is 0.593. The summed E-state index contributed by atoms with van der Waals surface area (Å²) in [4.78, 5) is 0. The minimum Gasteiger partial charge on any atom is -0.273 e. The minimum atomic E-state index is -3.50. The lowest BCUT2D eigenvalue weighted by atomic mass is 10.2. The monoisotopic (exact) mass is 329 g/mol. The normalized spacial score (nSPS) is 11.3. The van der Waals surface area contributed by atoms with E-state index in [1.807, 2.05) is 6.07 Å². The number of benzene rings is 2. The van der Waals surface area contributed by atoms with Crippen LogP contribution in [-0.4, -0.2) is 15.5 Å². The number of rotatable bonds is 4. The highest BCUT2D eigenvalue weighted by atomic mass is 35.5. The Labute approximate surface area is 128 Å². The number of nitrogens with zero attached hydrogens (tertiary/aromatic N) is 1. The third-order valence-electron chi connectivity index (χ3n) is 2.89. The molecule has 0 unspecified atom stereocenters. The summed E-state index contributed by atoms with van der Waals surface area (Å²) in [5.74, 6) is -0.172. The zero-order valence-electron chi connectivity index (χ0n) is 10.8. The van der Waals surface area contributed by atoms with Gasteiger partial charge in [0, 0.05) is 17.1 Å². The standard InChI is InChI=1S/C14H13Cl2NO2S/c1-17(13-5-3-2-4-6-13)20(18,19)10-11-7-8-12(15)9-14(11)16/h2-9H,10H2,1H3. The maximum Gasteiger partial charge on any atom is 0.239 e. The predicted molar refractivity (Wildman–Crippen MR) is 83.9 cm³/mol. The van der Waals surface area contributed by atoms with Gasteiger partial charge in [0.25, 0.3) is 0 Å². The third-order valence-corrected chi connectivity index (χ3v) is 5.20. The van der Waals surface area contributed by atoms with Gasteiger partial charge < -0.3 is 0 Å². The molecule has 0 fully saturated rings. The van der Waals surface area contributed by atoms with Crippen molar-refractivity contribution in [2.45, 2.75) is 5.75 Å². The Morgan fingerprint density at radius 2 is 1.70 bits per heavy atom. The molecule has 0 N–H and O–H groups in total. The summed E-state index contributed by atoms with van der Waals surface area (Å²) in [7, 11) is -1.97. The zero-order chi connectivity index (χ0) is 14.8. The summed E-state index contributed by atoms with van der Waals surface area (Å²) in [5, 5.41) is 0.829. The van der Waals surface area contributed by atoms with E-state index >= 15 is 0 Å². The molecule has 2 rings (SSSR count). The van der Waals surface area contributed by atoms with Crippen molar-refractivity contribution in [2.24, 2.45) is 0 Å². The topological polar surface area (TPSA) is 37.4 Å². The van der Waals surface area contributed by atoms with Gasteiger partial charge in [-0.15, -0.1) is 0 Å². The number of sulfonamides is 1. The molecule has 3 nitrogen and oxygen atoms in total. The van der Waals surface area contributed by atoms with Crippen LogP contribution < -0.4 is 4.31 Å². The highest BCUT2D eigenvalue weighted by Crippen LogP contribution is 2.25. The Hall–Kier alpha value is -1.23. The molecule has 0 saturated carbocycles. The molecule has 2 aromatic rings. The van der Waals surface area contributed by atoms with Gasteiger partial charge in [0.2, 0.25) is 10.0 Å². The van der Waals surface area contributed by atoms with Crippen LogP contribution in [0.25, 0.3) is 0 Å². The number of halogens is 2. The number of hydrogen-bond acceptors (Lipinski definition) is 2. The largest absolute Gasteiger partial charge is 0.273 e. The Bertz CT molecular complexity index is 702.